The van der Waals surface area contributed by atoms with Gasteiger partial charge in [0.15, 0.2) is 23.2 Å². The summed E-state index contributed by atoms with van der Waals surface area (Å²) >= 11 is 0. The largest absolute Gasteiger partial charge is 0.506 e. The van der Waals surface area contributed by atoms with Gasteiger partial charge in [-0.25, -0.2) is 35.2 Å². The van der Waals surface area contributed by atoms with Crippen LogP contribution in [0.3, 0.4) is 0 Å². The van der Waals surface area contributed by atoms with E-state index in [2.05, 4.69) is 69.7 Å². The number of aliphatic imine (C=N–C) groups is 2. The van der Waals surface area contributed by atoms with Crippen molar-refractivity contribution in [3.63, 3.8) is 0 Å². The summed E-state index contributed by atoms with van der Waals surface area (Å²) in [5.74, 6) is -1.28. The monoisotopic (exact) mass is 1060 g/mol. The lowest BCUT2D eigenvalue weighted by atomic mass is 9.65. The van der Waals surface area contributed by atoms with Gasteiger partial charge in [-0.15, -0.1) is 0 Å². The van der Waals surface area contributed by atoms with Crippen molar-refractivity contribution in [2.24, 2.45) is 29.5 Å². The Labute approximate surface area is 423 Å². The van der Waals surface area contributed by atoms with E-state index in [4.69, 9.17) is 0 Å². The molecule has 4 aromatic carbocycles. The predicted molar refractivity (Wildman–Crippen MR) is 288 cm³/mol. The van der Waals surface area contributed by atoms with Crippen molar-refractivity contribution >= 4 is 97.0 Å². The molecule has 4 N–H and O–H groups in total. The van der Waals surface area contributed by atoms with Crippen molar-refractivity contribution < 1.29 is 45.1 Å². The molecule has 4 atom stereocenters. The summed E-state index contributed by atoms with van der Waals surface area (Å²) in [7, 11) is -13.3. The van der Waals surface area contributed by atoms with Crippen molar-refractivity contribution in [1.82, 2.24) is 0 Å². The highest BCUT2D eigenvalue weighted by Gasteiger charge is 2.48. The van der Waals surface area contributed by atoms with Crippen LogP contribution in [0.1, 0.15) is 103 Å². The van der Waals surface area contributed by atoms with E-state index in [0.29, 0.717) is 35.3 Å². The van der Waals surface area contributed by atoms with Crippen LogP contribution in [0, 0.1) is 10.8 Å². The van der Waals surface area contributed by atoms with Gasteiger partial charge in [0.1, 0.15) is 22.7 Å². The number of rotatable bonds is 10. The number of aliphatic hydroxyl groups is 2. The van der Waals surface area contributed by atoms with Gasteiger partial charge in [-0.1, -0.05) is 90.1 Å². The zero-order valence-corrected chi connectivity index (χ0v) is 45.8. The lowest BCUT2D eigenvalue weighted by Crippen LogP contribution is -2.41. The molecule has 0 fully saturated rings. The third-order valence-corrected chi connectivity index (χ3v) is 17.5. The quantitative estimate of drug-likeness (QED) is 0.117. The number of benzene rings is 4. The van der Waals surface area contributed by atoms with Crippen LogP contribution in [0.2, 0.25) is 0 Å². The number of anilines is 2. The van der Waals surface area contributed by atoms with Crippen LogP contribution in [-0.2, 0) is 59.9 Å². The first kappa shape index (κ1) is 53.8. The lowest BCUT2D eigenvalue weighted by Gasteiger charge is -2.37. The van der Waals surface area contributed by atoms with Crippen LogP contribution in [0.5, 0.6) is 0 Å². The minimum atomic E-state index is -3.54. The maximum absolute atomic E-state index is 14.0. The van der Waals surface area contributed by atoms with Gasteiger partial charge >= 0.3 is 0 Å². The molecule has 2 aliphatic heterocycles. The number of ketones is 2. The van der Waals surface area contributed by atoms with Crippen LogP contribution in [0.4, 0.5) is 22.7 Å². The fraction of sp³-hybridized carbons (Fsp3) is 0.385. The third kappa shape index (κ3) is 11.0. The second-order valence-corrected chi connectivity index (χ2v) is 29.7. The normalized spacial score (nSPS) is 23.9. The summed E-state index contributed by atoms with van der Waals surface area (Å²) in [5.41, 5.74) is 1.63. The smallest absolute Gasteiger partial charge is 0.229 e. The number of sulfonamides is 2. The number of carbonyl (C=O) groups excluding carboxylic acids is 2. The van der Waals surface area contributed by atoms with Crippen LogP contribution >= 0.6 is 0 Å². The van der Waals surface area contributed by atoms with Crippen LogP contribution in [-0.4, -0.2) is 83.7 Å². The molecule has 384 valence electrons. The van der Waals surface area contributed by atoms with Crippen LogP contribution in [0.15, 0.2) is 125 Å². The molecule has 0 bridgehead atoms. The molecular weight excluding hydrogens is 997 g/mol. The number of nitrogens with zero attached hydrogens (tertiary/aromatic N) is 4. The van der Waals surface area contributed by atoms with Gasteiger partial charge in [-0.05, 0) is 97.9 Å². The Morgan fingerprint density at radius 2 is 0.903 bits per heavy atom. The Morgan fingerprint density at radius 3 is 1.22 bits per heavy atom. The van der Waals surface area contributed by atoms with E-state index in [-0.39, 0.29) is 77.9 Å². The van der Waals surface area contributed by atoms with Gasteiger partial charge in [0, 0.05) is 35.0 Å². The van der Waals surface area contributed by atoms with E-state index in [1.807, 2.05) is 38.1 Å². The summed E-state index contributed by atoms with van der Waals surface area (Å²) in [5, 5.41) is 22.5. The highest BCUT2D eigenvalue weighted by atomic mass is 32.2. The zero-order chi connectivity index (χ0) is 53.4. The molecule has 0 aromatic heterocycles. The first-order chi connectivity index (χ1) is 33.0. The number of amidine groups is 2. The van der Waals surface area contributed by atoms with Crippen LogP contribution in [0.25, 0.3) is 11.5 Å². The highest BCUT2D eigenvalue weighted by molar-refractivity contribution is 7.94. The minimum absolute atomic E-state index is 0.0112. The summed E-state index contributed by atoms with van der Waals surface area (Å²) in [4.78, 5) is 37.6. The van der Waals surface area contributed by atoms with Gasteiger partial charge in [0.05, 0.1) is 64.0 Å². The lowest BCUT2D eigenvalue weighted by molar-refractivity contribution is -0.121. The molecule has 0 saturated carbocycles. The summed E-state index contributed by atoms with van der Waals surface area (Å²) in [6.45, 7) is 16.4. The number of Topliss-reactive ketones (excluding diaryl/α,β-unsaturated/α-hetero) is 2. The molecule has 0 saturated heterocycles. The van der Waals surface area contributed by atoms with E-state index < -0.39 is 50.3 Å². The Morgan fingerprint density at radius 1 is 0.569 bits per heavy atom. The first-order valence-corrected chi connectivity index (χ1v) is 30.7. The maximum Gasteiger partial charge on any atom is 0.229 e. The van der Waals surface area contributed by atoms with Crippen LogP contribution < -0.4 is 9.44 Å². The number of hydrogen-bond acceptors (Lipinski definition) is 14. The molecule has 0 spiro atoms. The fourth-order valence-electron chi connectivity index (χ4n) is 9.06. The number of hydrogen-bond donors (Lipinski definition) is 4. The molecule has 4 aliphatic rings. The molecule has 16 nitrogen and oxygen atoms in total. The van der Waals surface area contributed by atoms with Gasteiger partial charge in [0.2, 0.25) is 20.0 Å². The molecule has 0 amide bonds. The first-order valence-electron chi connectivity index (χ1n) is 23.1. The number of nitrogens with one attached hydrogen (secondary N) is 2. The van der Waals surface area contributed by atoms with Crippen molar-refractivity contribution in [2.75, 3.05) is 34.5 Å². The minimum Gasteiger partial charge on any atom is -0.506 e. The predicted octanol–water partition coefficient (Wildman–Crippen LogP) is 10.4. The molecule has 2 aliphatic carbocycles. The third-order valence-electron chi connectivity index (χ3n) is 13.0. The van der Waals surface area contributed by atoms with Crippen molar-refractivity contribution in [1.29, 1.82) is 0 Å². The van der Waals surface area contributed by atoms with Gasteiger partial charge in [-0.2, -0.15) is 8.73 Å². The van der Waals surface area contributed by atoms with E-state index in [9.17, 15) is 45.1 Å². The summed E-state index contributed by atoms with van der Waals surface area (Å²) < 4.78 is 87.2. The highest BCUT2D eigenvalue weighted by Crippen LogP contribution is 2.48. The van der Waals surface area contributed by atoms with Gasteiger partial charge < -0.3 is 10.2 Å². The maximum atomic E-state index is 14.0. The Kier molecular flexibility index (Phi) is 13.8. The number of carbonyl (C=O) groups is 2. The Hall–Kier alpha value is -5.96. The molecule has 8 rings (SSSR count). The molecule has 0 radical (unpaired) electrons. The Bertz CT molecular complexity index is 3380. The fourth-order valence-corrected chi connectivity index (χ4v) is 13.0. The standard InChI is InChI=1S/2C26H31N3O5S2/c2*1-25(2,3)13-14-26(4)18-10-8-7-9-17(18)22(30)21(23(26)31)24-27-19-12-11-16(28-36(6,33)34)15-20(19)35(5,32)29-24/h2*7-12,15,28,30H,13-14H2,1-6H3/t26-,35+;26-,35-/m11/s1. The summed E-state index contributed by atoms with van der Waals surface area (Å²) in [6, 6.07) is 23.4. The zero-order valence-electron chi connectivity index (χ0n) is 42.5. The van der Waals surface area contributed by atoms with E-state index in [1.165, 1.54) is 48.9 Å². The van der Waals surface area contributed by atoms with E-state index in [1.54, 1.807) is 24.3 Å². The second kappa shape index (κ2) is 18.5. The SMILES string of the molecule is CC(C)(C)CC[C@@]1(C)C(=O)C(C2=Nc3ccc(NS(C)(=O)=O)cc3[S@@](C)(=O)=N2)=C(O)c2ccccc21.CC(C)(C)CC[C@@]1(C)C(=O)C(C2=Nc3ccc(NS(C)(=O)=O)cc3[S@](C)(=O)=N2)=C(O)c2ccccc21. The molecule has 4 aromatic rings. The van der Waals surface area contributed by atoms with Gasteiger partial charge in [-0.3, -0.25) is 19.0 Å². The molecule has 20 heteroatoms. The molecule has 72 heavy (non-hydrogen) atoms. The average molecular weight is 1060 g/mol. The van der Waals surface area contributed by atoms with E-state index in [0.717, 1.165) is 36.5 Å². The second-order valence-electron chi connectivity index (χ2n) is 21.8. The average Bonchev–Trinajstić information content (AvgIpc) is 3.25. The topological polar surface area (TPSA) is 251 Å². The van der Waals surface area contributed by atoms with Crippen molar-refractivity contribution in [3.8, 4) is 0 Å². The number of aliphatic hydroxyl groups excluding tert-OH is 2. The van der Waals surface area contributed by atoms with Gasteiger partial charge in [0.25, 0.3) is 0 Å². The molecule has 0 unspecified atom stereocenters. The molecular formula is C52H62N6O10S4. The number of fused-ring (bicyclic) bond motifs is 4. The Balaban J connectivity index is 0.000000211. The van der Waals surface area contributed by atoms with E-state index >= 15 is 0 Å². The van der Waals surface area contributed by atoms with Crippen molar-refractivity contribution in [3.05, 3.63) is 118 Å². The van der Waals surface area contributed by atoms with Crippen molar-refractivity contribution in [2.45, 2.75) is 102 Å². The molecule has 2 heterocycles. The summed E-state index contributed by atoms with van der Waals surface area (Å²) in [6.07, 6.45) is 7.49.